The number of carbonyl (C=O) groups is 2. The maximum Gasteiger partial charge on any atom is 0.310 e. The molecule has 1 heterocycles. The third-order valence-corrected chi connectivity index (χ3v) is 2.72. The molecule has 0 radical (unpaired) electrons. The van der Waals surface area contributed by atoms with Gasteiger partial charge in [-0.05, 0) is 30.5 Å². The van der Waals surface area contributed by atoms with Crippen molar-refractivity contribution >= 4 is 17.6 Å². The summed E-state index contributed by atoms with van der Waals surface area (Å²) in [6, 6.07) is 5.66. The first-order valence-corrected chi connectivity index (χ1v) is 5.76. The van der Waals surface area contributed by atoms with E-state index in [1.807, 2.05) is 18.2 Å². The van der Waals surface area contributed by atoms with Crippen LogP contribution in [0.4, 0.5) is 5.69 Å². The van der Waals surface area contributed by atoms with Gasteiger partial charge in [-0.25, -0.2) is 0 Å². The first-order chi connectivity index (χ1) is 8.19. The molecule has 0 aliphatic carbocycles. The van der Waals surface area contributed by atoms with Gasteiger partial charge in [0, 0.05) is 12.1 Å². The number of carbonyl (C=O) groups excluding carboxylic acids is 2. The van der Waals surface area contributed by atoms with Crippen LogP contribution in [0.15, 0.2) is 18.2 Å². The second-order valence-corrected chi connectivity index (χ2v) is 4.02. The van der Waals surface area contributed by atoms with Crippen LogP contribution >= 0.6 is 0 Å². The molecule has 4 nitrogen and oxygen atoms in total. The first-order valence-electron chi connectivity index (χ1n) is 5.76. The molecule has 4 heteroatoms. The largest absolute Gasteiger partial charge is 0.466 e. The fourth-order valence-electron chi connectivity index (χ4n) is 1.93. The van der Waals surface area contributed by atoms with E-state index in [9.17, 15) is 9.59 Å². The molecule has 1 aliphatic heterocycles. The molecule has 1 aromatic rings. The number of anilines is 1. The van der Waals surface area contributed by atoms with E-state index in [2.05, 4.69) is 5.32 Å². The Kier molecular flexibility index (Phi) is 3.42. The number of rotatable bonds is 3. The maximum atomic E-state index is 11.3. The van der Waals surface area contributed by atoms with Gasteiger partial charge in [-0.1, -0.05) is 12.1 Å². The van der Waals surface area contributed by atoms with E-state index in [0.717, 1.165) is 23.2 Å². The minimum atomic E-state index is -0.215. The molecule has 0 aromatic heterocycles. The highest BCUT2D eigenvalue weighted by Crippen LogP contribution is 2.23. The van der Waals surface area contributed by atoms with Crippen LogP contribution in [0.25, 0.3) is 0 Å². The molecule has 0 bridgehead atoms. The molecule has 0 unspecified atom stereocenters. The van der Waals surface area contributed by atoms with Gasteiger partial charge < -0.3 is 10.1 Å². The van der Waals surface area contributed by atoms with E-state index in [-0.39, 0.29) is 18.3 Å². The van der Waals surface area contributed by atoms with Crippen molar-refractivity contribution in [1.82, 2.24) is 0 Å². The summed E-state index contributed by atoms with van der Waals surface area (Å²) in [4.78, 5) is 22.5. The number of esters is 1. The Morgan fingerprint density at radius 1 is 1.41 bits per heavy atom. The number of amides is 1. The van der Waals surface area contributed by atoms with Crippen LogP contribution in [-0.2, 0) is 27.2 Å². The molecule has 1 amide bonds. The molecule has 17 heavy (non-hydrogen) atoms. The minimum absolute atomic E-state index is 0.0515. The van der Waals surface area contributed by atoms with Gasteiger partial charge in [0.2, 0.25) is 5.91 Å². The lowest BCUT2D eigenvalue weighted by molar-refractivity contribution is -0.142. The van der Waals surface area contributed by atoms with Crippen molar-refractivity contribution in [3.63, 3.8) is 0 Å². The fraction of sp³-hybridized carbons (Fsp3) is 0.385. The summed E-state index contributed by atoms with van der Waals surface area (Å²) < 4.78 is 4.90. The van der Waals surface area contributed by atoms with E-state index >= 15 is 0 Å². The number of nitrogens with one attached hydrogen (secondary N) is 1. The van der Waals surface area contributed by atoms with E-state index in [1.54, 1.807) is 6.92 Å². The molecule has 2 rings (SSSR count). The predicted molar refractivity (Wildman–Crippen MR) is 63.7 cm³/mol. The topological polar surface area (TPSA) is 55.4 Å². The summed E-state index contributed by atoms with van der Waals surface area (Å²) in [5.74, 6) is -0.164. The normalized spacial score (nSPS) is 13.8. The van der Waals surface area contributed by atoms with Crippen molar-refractivity contribution in [2.24, 2.45) is 0 Å². The van der Waals surface area contributed by atoms with Gasteiger partial charge in [0.25, 0.3) is 0 Å². The lowest BCUT2D eigenvalue weighted by atomic mass is 9.99. The summed E-state index contributed by atoms with van der Waals surface area (Å²) >= 11 is 0. The van der Waals surface area contributed by atoms with E-state index in [1.165, 1.54) is 0 Å². The van der Waals surface area contributed by atoms with Crippen molar-refractivity contribution < 1.29 is 14.3 Å². The Labute approximate surface area is 100.0 Å². The van der Waals surface area contributed by atoms with Crippen molar-refractivity contribution in [1.29, 1.82) is 0 Å². The molecular weight excluding hydrogens is 218 g/mol. The van der Waals surface area contributed by atoms with Gasteiger partial charge in [0.1, 0.15) is 0 Å². The molecule has 1 aliphatic rings. The standard InChI is InChI=1S/C13H15NO3/c1-2-17-13(16)8-9-3-5-11-10(7-9)4-6-12(15)14-11/h3,5,7H,2,4,6,8H2,1H3,(H,14,15). The number of fused-ring (bicyclic) bond motifs is 1. The monoisotopic (exact) mass is 233 g/mol. The Bertz CT molecular complexity index is 454. The van der Waals surface area contributed by atoms with E-state index < -0.39 is 0 Å². The van der Waals surface area contributed by atoms with Crippen LogP contribution in [0.2, 0.25) is 0 Å². The van der Waals surface area contributed by atoms with Crippen LogP contribution in [0.1, 0.15) is 24.5 Å². The highest BCUT2D eigenvalue weighted by atomic mass is 16.5. The SMILES string of the molecule is CCOC(=O)Cc1ccc2c(c1)CCC(=O)N2. The van der Waals surface area contributed by atoms with E-state index in [0.29, 0.717) is 13.0 Å². The summed E-state index contributed by atoms with van der Waals surface area (Å²) in [6.45, 7) is 2.19. The van der Waals surface area contributed by atoms with Crippen LogP contribution in [0.5, 0.6) is 0 Å². The Morgan fingerprint density at radius 3 is 3.00 bits per heavy atom. The average Bonchev–Trinajstić information content (AvgIpc) is 2.29. The van der Waals surface area contributed by atoms with Gasteiger partial charge in [-0.2, -0.15) is 0 Å². The van der Waals surface area contributed by atoms with Gasteiger partial charge in [0.05, 0.1) is 13.0 Å². The quantitative estimate of drug-likeness (QED) is 0.808. The first kappa shape index (κ1) is 11.6. The Balaban J connectivity index is 2.11. The average molecular weight is 233 g/mol. The zero-order chi connectivity index (χ0) is 12.3. The van der Waals surface area contributed by atoms with Crippen molar-refractivity contribution in [2.45, 2.75) is 26.2 Å². The molecule has 1 N–H and O–H groups in total. The third-order valence-electron chi connectivity index (χ3n) is 2.72. The molecule has 0 atom stereocenters. The predicted octanol–water partition coefficient (Wildman–Crippen LogP) is 1.68. The number of hydrogen-bond acceptors (Lipinski definition) is 3. The number of hydrogen-bond donors (Lipinski definition) is 1. The van der Waals surface area contributed by atoms with Crippen LogP contribution in [0.3, 0.4) is 0 Å². The van der Waals surface area contributed by atoms with Crippen LogP contribution in [-0.4, -0.2) is 18.5 Å². The van der Waals surface area contributed by atoms with Gasteiger partial charge >= 0.3 is 5.97 Å². The third kappa shape index (κ3) is 2.84. The zero-order valence-electron chi connectivity index (χ0n) is 9.79. The summed E-state index contributed by atoms with van der Waals surface area (Å²) in [7, 11) is 0. The van der Waals surface area contributed by atoms with Gasteiger partial charge in [-0.3, -0.25) is 9.59 Å². The molecule has 0 saturated carbocycles. The van der Waals surface area contributed by atoms with Gasteiger partial charge in [0.15, 0.2) is 0 Å². The smallest absolute Gasteiger partial charge is 0.310 e. The molecule has 0 fully saturated rings. The zero-order valence-corrected chi connectivity index (χ0v) is 9.79. The van der Waals surface area contributed by atoms with Crippen molar-refractivity contribution in [3.8, 4) is 0 Å². The lowest BCUT2D eigenvalue weighted by Crippen LogP contribution is -2.19. The summed E-state index contributed by atoms with van der Waals surface area (Å²) in [5.41, 5.74) is 2.87. The Hall–Kier alpha value is -1.84. The highest BCUT2D eigenvalue weighted by molar-refractivity contribution is 5.94. The second kappa shape index (κ2) is 4.99. The second-order valence-electron chi connectivity index (χ2n) is 4.02. The highest BCUT2D eigenvalue weighted by Gasteiger charge is 2.15. The molecule has 90 valence electrons. The maximum absolute atomic E-state index is 11.3. The van der Waals surface area contributed by atoms with Gasteiger partial charge in [-0.15, -0.1) is 0 Å². The Morgan fingerprint density at radius 2 is 2.24 bits per heavy atom. The minimum Gasteiger partial charge on any atom is -0.466 e. The van der Waals surface area contributed by atoms with Crippen molar-refractivity contribution in [2.75, 3.05) is 11.9 Å². The lowest BCUT2D eigenvalue weighted by Gasteiger charge is -2.17. The molecule has 0 saturated heterocycles. The number of ether oxygens (including phenoxy) is 1. The van der Waals surface area contributed by atoms with Crippen molar-refractivity contribution in [3.05, 3.63) is 29.3 Å². The number of benzene rings is 1. The van der Waals surface area contributed by atoms with Crippen LogP contribution < -0.4 is 5.32 Å². The summed E-state index contributed by atoms with van der Waals surface area (Å²) in [5, 5.41) is 2.81. The van der Waals surface area contributed by atoms with Crippen LogP contribution in [0, 0.1) is 0 Å². The summed E-state index contributed by atoms with van der Waals surface area (Å²) in [6.07, 6.45) is 1.53. The fourth-order valence-corrected chi connectivity index (χ4v) is 1.93. The van der Waals surface area contributed by atoms with E-state index in [4.69, 9.17) is 4.74 Å². The number of aryl methyl sites for hydroxylation is 1. The molecule has 1 aromatic carbocycles. The molecular formula is C13H15NO3. The molecule has 0 spiro atoms.